The fraction of sp³-hybridized carbons (Fsp3) is 0.188. The highest BCUT2D eigenvalue weighted by molar-refractivity contribution is 6.10. The minimum Gasteiger partial charge on any atom is -0.504 e. The zero-order chi connectivity index (χ0) is 58.3. The minimum atomic E-state index is -4.06. The highest BCUT2D eigenvalue weighted by atomic mass is 16.8. The normalized spacial score (nSPS) is 23.5. The Bertz CT molecular complexity index is 3700. The molecule has 80 heavy (non-hydrogen) atoms. The van der Waals surface area contributed by atoms with Gasteiger partial charge in [0.05, 0.1) is 33.7 Å². The van der Waals surface area contributed by atoms with Crippen LogP contribution < -0.4 is 9.47 Å². The number of ether oxygens (including phenoxy) is 8. The zero-order valence-electron chi connectivity index (χ0n) is 38.9. The van der Waals surface area contributed by atoms with Crippen molar-refractivity contribution in [3.63, 3.8) is 0 Å². The Morgan fingerprint density at radius 1 is 0.550 bits per heavy atom. The van der Waals surface area contributed by atoms with Gasteiger partial charge in [-0.15, -0.1) is 0 Å². The number of phenols is 13. The number of aromatic hydroxyl groups is 13. The molecule has 5 aromatic carbocycles. The molecule has 416 valence electrons. The number of fused-ring (bicyclic) bond motifs is 4. The van der Waals surface area contributed by atoms with E-state index in [1.54, 1.807) is 0 Å². The number of phenolic OH excluding ortho intramolecular Hbond substituents is 13. The molecule has 0 unspecified atom stereocenters. The number of carboxylic acids is 1. The molecule has 1 aliphatic carbocycles. The van der Waals surface area contributed by atoms with E-state index in [2.05, 4.69) is 0 Å². The van der Waals surface area contributed by atoms with Gasteiger partial charge < -0.3 is 125 Å². The summed E-state index contributed by atoms with van der Waals surface area (Å²) in [5.74, 6) is -46.7. The maximum absolute atomic E-state index is 15.2. The van der Waals surface area contributed by atoms with Gasteiger partial charge in [-0.2, -0.15) is 0 Å². The molecular weight excluding hydrogens is 1090 g/mol. The van der Waals surface area contributed by atoms with Gasteiger partial charge in [0.2, 0.25) is 46.9 Å². The molecule has 17 N–H and O–H groups in total. The van der Waals surface area contributed by atoms with E-state index in [-0.39, 0.29) is 18.2 Å². The molecule has 10 rings (SSSR count). The lowest BCUT2D eigenvalue weighted by atomic mass is 9.70. The van der Waals surface area contributed by atoms with Crippen molar-refractivity contribution in [1.29, 1.82) is 0 Å². The summed E-state index contributed by atoms with van der Waals surface area (Å²) >= 11 is 0. The third-order valence-electron chi connectivity index (χ3n) is 13.1. The molecule has 5 aromatic rings. The number of aromatic carboxylic acids is 1. The van der Waals surface area contributed by atoms with E-state index in [1.807, 2.05) is 0 Å². The predicted molar refractivity (Wildman–Crippen MR) is 241 cm³/mol. The highest BCUT2D eigenvalue weighted by Gasteiger charge is 2.70. The van der Waals surface area contributed by atoms with Crippen molar-refractivity contribution in [1.82, 2.24) is 0 Å². The van der Waals surface area contributed by atoms with Crippen molar-refractivity contribution < 1.29 is 158 Å². The van der Waals surface area contributed by atoms with Crippen molar-refractivity contribution in [3.05, 3.63) is 81.4 Å². The smallest absolute Gasteiger partial charge is 0.340 e. The van der Waals surface area contributed by atoms with Crippen molar-refractivity contribution in [3.8, 4) is 103 Å². The average Bonchev–Trinajstić information content (AvgIpc) is 3.59. The summed E-state index contributed by atoms with van der Waals surface area (Å²) in [6.07, 6.45) is -12.9. The van der Waals surface area contributed by atoms with Gasteiger partial charge in [-0.25, -0.2) is 28.8 Å². The van der Waals surface area contributed by atoms with Crippen molar-refractivity contribution in [2.45, 2.75) is 48.2 Å². The molecule has 0 amide bonds. The molecule has 1 saturated heterocycles. The van der Waals surface area contributed by atoms with E-state index in [1.165, 1.54) is 0 Å². The first-order chi connectivity index (χ1) is 37.5. The Hall–Kier alpha value is -10.8. The van der Waals surface area contributed by atoms with E-state index < -0.39 is 238 Å². The second-order valence-electron chi connectivity index (χ2n) is 17.8. The topological polar surface area (TPSA) is 537 Å². The zero-order valence-corrected chi connectivity index (χ0v) is 38.9. The SMILES string of the molecule is O=C1O[C@H]2[C@@H]3OC(=O)c4cc(O)c(O)c(Oc5c(C(=O)O)cc(O)c(O)c5O)c4-c4c(cc(O)c(O)c4O)C(=O)OC[C@H]2O[C@@H](OC(=O)c2cc(O)c(O)c(O)c2)[C@@H]3OC(=O)c2cc(O)c(O)c3c2[C@@H]2C1=CC(=O)[C@](O)(O3)C2(O)O. The van der Waals surface area contributed by atoms with Crippen LogP contribution in [0.5, 0.6) is 92.0 Å². The van der Waals surface area contributed by atoms with Gasteiger partial charge in [0, 0.05) is 22.8 Å². The number of rotatable bonds is 5. The average molecular weight is 1120 g/mol. The van der Waals surface area contributed by atoms with E-state index in [4.69, 9.17) is 37.9 Å². The molecule has 6 bridgehead atoms. The van der Waals surface area contributed by atoms with Crippen LogP contribution in [0.2, 0.25) is 0 Å². The number of carboxylic acid groups (broad SMARTS) is 1. The first-order valence-electron chi connectivity index (χ1n) is 22.2. The van der Waals surface area contributed by atoms with E-state index in [9.17, 15) is 116 Å². The van der Waals surface area contributed by atoms with Gasteiger partial charge in [0.25, 0.3) is 5.79 Å². The van der Waals surface area contributed by atoms with Crippen molar-refractivity contribution in [2.24, 2.45) is 0 Å². The molecule has 7 atom stereocenters. The van der Waals surface area contributed by atoms with Crippen LogP contribution in [0.25, 0.3) is 11.1 Å². The summed E-state index contributed by atoms with van der Waals surface area (Å²) in [7, 11) is 0. The number of cyclic esters (lactones) is 1. The molecule has 32 nitrogen and oxygen atoms in total. The third kappa shape index (κ3) is 7.64. The van der Waals surface area contributed by atoms with E-state index in [0.29, 0.717) is 24.3 Å². The first-order valence-corrected chi connectivity index (χ1v) is 22.2. The fourth-order valence-corrected chi connectivity index (χ4v) is 9.33. The minimum absolute atomic E-state index is 0.208. The molecule has 5 aliphatic rings. The molecule has 0 spiro atoms. The number of hydrogen-bond acceptors (Lipinski definition) is 31. The predicted octanol–water partition coefficient (Wildman–Crippen LogP) is -0.200. The van der Waals surface area contributed by atoms with Crippen LogP contribution in [0.3, 0.4) is 0 Å². The largest absolute Gasteiger partial charge is 0.504 e. The Kier molecular flexibility index (Phi) is 11.8. The summed E-state index contributed by atoms with van der Waals surface area (Å²) < 4.78 is 44.8. The Balaban J connectivity index is 1.24. The van der Waals surface area contributed by atoms with E-state index >= 15 is 4.79 Å². The number of esters is 5. The van der Waals surface area contributed by atoms with Gasteiger partial charge >= 0.3 is 41.6 Å². The molecule has 32 heteroatoms. The maximum Gasteiger partial charge on any atom is 0.340 e. The quantitative estimate of drug-likeness (QED) is 0.0469. The summed E-state index contributed by atoms with van der Waals surface area (Å²) in [4.78, 5) is 99.2. The van der Waals surface area contributed by atoms with Crippen LogP contribution in [0.4, 0.5) is 0 Å². The molecule has 0 radical (unpaired) electrons. The standard InChI is InChI=1S/C48H32O32/c49-15-1-9(2-16(50)27(15)56)41(65)79-46-39-38-35(76-45(69)13-7-22(55)48(72)47(70,71)26(13)25-12(44(68)78-39)5-20(54)31(60)37(25)80-48)21(74-46)8-73-42(66)10-3-17(51)28(57)32(61)23(10)24-11(43(67)77-38)4-19(53)30(59)36(24)75-34-14(40(63)64)6-18(52)29(58)33(34)62/h1-7,21,26,35,38-39,46,49-54,56-62,70-72H,8H2,(H,63,64)/t21-,26+,35-,38+,39-,46+,48+/m1/s1. The van der Waals surface area contributed by atoms with Gasteiger partial charge in [-0.1, -0.05) is 0 Å². The van der Waals surface area contributed by atoms with E-state index in [0.717, 1.165) is 0 Å². The van der Waals surface area contributed by atoms with Crippen LogP contribution in [0.1, 0.15) is 63.3 Å². The number of aliphatic hydroxyl groups is 3. The van der Waals surface area contributed by atoms with Gasteiger partial charge in [-0.3, -0.25) is 4.79 Å². The monoisotopic (exact) mass is 1120 g/mol. The van der Waals surface area contributed by atoms with Gasteiger partial charge in [-0.05, 0) is 36.4 Å². The summed E-state index contributed by atoms with van der Waals surface area (Å²) in [6, 6.07) is 2.21. The lowest BCUT2D eigenvalue weighted by molar-refractivity contribution is -0.339. The van der Waals surface area contributed by atoms with Crippen LogP contribution in [0, 0.1) is 0 Å². The van der Waals surface area contributed by atoms with Gasteiger partial charge in [0.1, 0.15) is 18.3 Å². The third-order valence-corrected chi connectivity index (χ3v) is 13.1. The van der Waals surface area contributed by atoms with Crippen LogP contribution in [-0.4, -0.2) is 177 Å². The van der Waals surface area contributed by atoms with Crippen molar-refractivity contribution >= 4 is 41.6 Å². The molecular formula is C48H32O32. The molecule has 0 saturated carbocycles. The lowest BCUT2D eigenvalue weighted by Crippen LogP contribution is -2.70. The summed E-state index contributed by atoms with van der Waals surface area (Å²) in [5, 5.41) is 184. The Morgan fingerprint density at radius 3 is 1.74 bits per heavy atom. The summed E-state index contributed by atoms with van der Waals surface area (Å²) in [6.45, 7) is -1.45. The second-order valence-corrected chi connectivity index (χ2v) is 17.8. The summed E-state index contributed by atoms with van der Waals surface area (Å²) in [5.41, 5.74) is -10.9. The first kappa shape index (κ1) is 52.6. The molecule has 0 aromatic heterocycles. The highest BCUT2D eigenvalue weighted by Crippen LogP contribution is 2.60. The Morgan fingerprint density at radius 2 is 1.09 bits per heavy atom. The molecule has 1 fully saturated rings. The number of carbonyl (C=O) groups excluding carboxylic acids is 6. The maximum atomic E-state index is 15.2. The van der Waals surface area contributed by atoms with Crippen LogP contribution in [0.15, 0.2) is 48.0 Å². The molecule has 4 heterocycles. The van der Waals surface area contributed by atoms with Crippen LogP contribution >= 0.6 is 0 Å². The van der Waals surface area contributed by atoms with Crippen molar-refractivity contribution in [2.75, 3.05) is 6.61 Å². The fourth-order valence-electron chi connectivity index (χ4n) is 9.33. The van der Waals surface area contributed by atoms with Crippen LogP contribution in [-0.2, 0) is 38.0 Å². The lowest BCUT2D eigenvalue weighted by Gasteiger charge is -2.49. The number of benzene rings is 5. The number of carbonyl (C=O) groups is 7. The number of ketones is 1. The van der Waals surface area contributed by atoms with Gasteiger partial charge in [0.15, 0.2) is 75.5 Å². The second kappa shape index (κ2) is 17.9. The molecule has 4 aliphatic heterocycles. The Labute approximate surface area is 438 Å². The number of hydrogen-bond donors (Lipinski definition) is 17.